The molecule has 2 aliphatic heterocycles. The average Bonchev–Trinajstić information content (AvgIpc) is 3.69. The van der Waals surface area contributed by atoms with E-state index in [4.69, 9.17) is 16.3 Å². The number of aromatic nitrogens is 1. The van der Waals surface area contributed by atoms with Crippen LogP contribution in [0.3, 0.4) is 0 Å². The van der Waals surface area contributed by atoms with E-state index in [2.05, 4.69) is 37.9 Å². The quantitative estimate of drug-likeness (QED) is 0.344. The van der Waals surface area contributed by atoms with E-state index in [-0.39, 0.29) is 22.9 Å². The smallest absolute Gasteiger partial charge is 0.257 e. The number of carbonyl (C=O) groups is 1. The molecule has 0 bridgehead atoms. The maximum absolute atomic E-state index is 13.7. The number of morpholine rings is 1. The van der Waals surface area contributed by atoms with E-state index >= 15 is 0 Å². The first-order valence-electron chi connectivity index (χ1n) is 15.2. The maximum atomic E-state index is 13.7. The Kier molecular flexibility index (Phi) is 9.77. The number of aliphatic hydroxyl groups excluding tert-OH is 1. The van der Waals surface area contributed by atoms with E-state index in [1.54, 1.807) is 29.7 Å². The van der Waals surface area contributed by atoms with Crippen molar-refractivity contribution in [3.05, 3.63) is 91.6 Å². The summed E-state index contributed by atoms with van der Waals surface area (Å²) in [5, 5.41) is 15.3. The van der Waals surface area contributed by atoms with Gasteiger partial charge in [-0.3, -0.25) is 19.4 Å². The number of pyridine rings is 1. The van der Waals surface area contributed by atoms with Crippen LogP contribution in [0.25, 0.3) is 10.2 Å². The molecule has 1 aromatic carbocycles. The summed E-state index contributed by atoms with van der Waals surface area (Å²) in [6.45, 7) is 6.54. The molecule has 4 heterocycles. The second-order valence-electron chi connectivity index (χ2n) is 11.6. The van der Waals surface area contributed by atoms with E-state index in [0.717, 1.165) is 85.9 Å². The van der Waals surface area contributed by atoms with Crippen LogP contribution in [0.15, 0.2) is 65.1 Å². The SMILES string of the molecule is O=C(NCc1ccc(Cl)cc1)c1cn(CCN2CCOCC2)c2sc(CN3CCC[C@@H]3[C@@H](O)C3=CCCC=C3)cc2c1=O. The first kappa shape index (κ1) is 30.2. The van der Waals surface area contributed by atoms with Gasteiger partial charge >= 0.3 is 0 Å². The molecule has 2 aromatic heterocycles. The molecule has 3 aliphatic rings. The lowest BCUT2D eigenvalue weighted by atomic mass is 9.95. The number of rotatable bonds is 10. The molecule has 43 heavy (non-hydrogen) atoms. The van der Waals surface area contributed by atoms with Gasteiger partial charge < -0.3 is 19.7 Å². The molecule has 0 radical (unpaired) electrons. The summed E-state index contributed by atoms with van der Waals surface area (Å²) >= 11 is 7.62. The van der Waals surface area contributed by atoms with Gasteiger partial charge in [0.25, 0.3) is 5.91 Å². The molecule has 3 aromatic rings. The summed E-state index contributed by atoms with van der Waals surface area (Å²) < 4.78 is 7.59. The van der Waals surface area contributed by atoms with Gasteiger partial charge in [0.15, 0.2) is 0 Å². The van der Waals surface area contributed by atoms with Crippen molar-refractivity contribution in [3.63, 3.8) is 0 Å². The summed E-state index contributed by atoms with van der Waals surface area (Å²) in [7, 11) is 0. The van der Waals surface area contributed by atoms with Gasteiger partial charge in [-0.05, 0) is 61.6 Å². The zero-order valence-corrected chi connectivity index (χ0v) is 25.9. The number of thiophene rings is 1. The Bertz CT molecular complexity index is 1560. The number of hydrogen-bond donors (Lipinski definition) is 2. The topological polar surface area (TPSA) is 87.0 Å². The number of benzene rings is 1. The number of likely N-dealkylation sites (tertiary alicyclic amines) is 1. The maximum Gasteiger partial charge on any atom is 0.257 e. The van der Waals surface area contributed by atoms with Crippen molar-refractivity contribution in [1.29, 1.82) is 0 Å². The Labute approximate surface area is 261 Å². The number of nitrogens with zero attached hydrogens (tertiary/aromatic N) is 3. The van der Waals surface area contributed by atoms with Crippen molar-refractivity contribution in [3.8, 4) is 0 Å². The summed E-state index contributed by atoms with van der Waals surface area (Å²) in [6.07, 6.45) is 11.5. The number of carbonyl (C=O) groups excluding carboxylic acids is 1. The Morgan fingerprint density at radius 3 is 2.72 bits per heavy atom. The number of hydrogen-bond acceptors (Lipinski definition) is 7. The van der Waals surface area contributed by atoms with Crippen LogP contribution in [-0.4, -0.2) is 76.9 Å². The van der Waals surface area contributed by atoms with Crippen LogP contribution in [0.4, 0.5) is 0 Å². The first-order valence-corrected chi connectivity index (χ1v) is 16.4. The van der Waals surface area contributed by atoms with Crippen molar-refractivity contribution >= 4 is 39.1 Å². The molecule has 2 fully saturated rings. The summed E-state index contributed by atoms with van der Waals surface area (Å²) in [6, 6.07) is 9.31. The minimum absolute atomic E-state index is 0.0496. The number of fused-ring (bicyclic) bond motifs is 1. The Morgan fingerprint density at radius 2 is 1.95 bits per heavy atom. The number of allylic oxidation sites excluding steroid dienone is 2. The van der Waals surface area contributed by atoms with Gasteiger partial charge in [0.05, 0.1) is 24.7 Å². The molecule has 2 N–H and O–H groups in total. The number of ether oxygens (including phenoxy) is 1. The fraction of sp³-hybridized carbons (Fsp3) is 0.455. The van der Waals surface area contributed by atoms with E-state index in [9.17, 15) is 14.7 Å². The zero-order valence-electron chi connectivity index (χ0n) is 24.3. The van der Waals surface area contributed by atoms with Crippen LogP contribution in [0, 0.1) is 0 Å². The minimum Gasteiger partial charge on any atom is -0.387 e. The molecule has 6 rings (SSSR count). The molecule has 2 saturated heterocycles. The predicted molar refractivity (Wildman–Crippen MR) is 172 cm³/mol. The second-order valence-corrected chi connectivity index (χ2v) is 13.1. The summed E-state index contributed by atoms with van der Waals surface area (Å²) in [5.41, 5.74) is 1.82. The second kappa shape index (κ2) is 13.9. The molecular formula is C33H39ClN4O4S. The van der Waals surface area contributed by atoms with Gasteiger partial charge in [-0.2, -0.15) is 0 Å². The van der Waals surface area contributed by atoms with Crippen LogP contribution < -0.4 is 10.7 Å². The fourth-order valence-corrected chi connectivity index (χ4v) is 7.57. The monoisotopic (exact) mass is 622 g/mol. The molecule has 2 atom stereocenters. The largest absolute Gasteiger partial charge is 0.387 e. The first-order chi connectivity index (χ1) is 21.0. The minimum atomic E-state index is -0.516. The highest BCUT2D eigenvalue weighted by molar-refractivity contribution is 7.18. The lowest BCUT2D eigenvalue weighted by Crippen LogP contribution is -2.39. The van der Waals surface area contributed by atoms with Crippen molar-refractivity contribution in [2.24, 2.45) is 0 Å². The average molecular weight is 623 g/mol. The van der Waals surface area contributed by atoms with Crippen molar-refractivity contribution in [1.82, 2.24) is 19.7 Å². The van der Waals surface area contributed by atoms with E-state index in [1.165, 1.54) is 0 Å². The standard InChI is InChI=1S/C33H39ClN4O4S/c34-25-10-8-23(9-11-25)20-35-32(41)28-22-38(14-13-36-15-17-42-18-16-36)33-27(31(28)40)19-26(43-33)21-37-12-4-7-29(37)30(39)24-5-2-1-3-6-24/h2,5-6,8-11,19,22,29-30,39H,1,3-4,7,12-18,20-21H2,(H,35,41)/t29-,30+/m1/s1. The normalized spacial score (nSPS) is 20.4. The lowest BCUT2D eigenvalue weighted by molar-refractivity contribution is 0.0365. The van der Waals surface area contributed by atoms with Crippen LogP contribution in [0.5, 0.6) is 0 Å². The predicted octanol–water partition coefficient (Wildman–Crippen LogP) is 4.58. The van der Waals surface area contributed by atoms with Crippen molar-refractivity contribution in [2.75, 3.05) is 39.4 Å². The van der Waals surface area contributed by atoms with E-state index < -0.39 is 6.10 Å². The van der Waals surface area contributed by atoms with E-state index in [1.807, 2.05) is 18.2 Å². The van der Waals surface area contributed by atoms with Gasteiger partial charge in [0, 0.05) is 61.4 Å². The number of aliphatic hydroxyl groups is 1. The third-order valence-electron chi connectivity index (χ3n) is 8.67. The molecule has 0 saturated carbocycles. The van der Waals surface area contributed by atoms with Crippen LogP contribution in [0.1, 0.15) is 46.5 Å². The Balaban J connectivity index is 1.26. The number of amides is 1. The van der Waals surface area contributed by atoms with Gasteiger partial charge in [-0.1, -0.05) is 42.0 Å². The Hall–Kier alpha value is -2.79. The molecule has 228 valence electrons. The summed E-state index contributed by atoms with van der Waals surface area (Å²) in [4.78, 5) is 33.7. The number of nitrogens with one attached hydrogen (secondary N) is 1. The van der Waals surface area contributed by atoms with E-state index in [0.29, 0.717) is 30.0 Å². The fourth-order valence-electron chi connectivity index (χ4n) is 6.27. The van der Waals surface area contributed by atoms with Gasteiger partial charge in [0.2, 0.25) is 5.43 Å². The Morgan fingerprint density at radius 1 is 1.14 bits per heavy atom. The van der Waals surface area contributed by atoms with Gasteiger partial charge in [-0.15, -0.1) is 11.3 Å². The zero-order chi connectivity index (χ0) is 29.8. The van der Waals surface area contributed by atoms with Crippen LogP contribution in [-0.2, 0) is 24.4 Å². The number of halogens is 1. The molecule has 1 amide bonds. The third kappa shape index (κ3) is 7.14. The van der Waals surface area contributed by atoms with Gasteiger partial charge in [0.1, 0.15) is 10.4 Å². The summed E-state index contributed by atoms with van der Waals surface area (Å²) in [5.74, 6) is -0.383. The van der Waals surface area contributed by atoms with Crippen LogP contribution >= 0.6 is 22.9 Å². The van der Waals surface area contributed by atoms with Gasteiger partial charge in [-0.25, -0.2) is 0 Å². The lowest BCUT2D eigenvalue weighted by Gasteiger charge is -2.29. The molecule has 10 heteroatoms. The van der Waals surface area contributed by atoms with Crippen molar-refractivity contribution in [2.45, 2.75) is 57.5 Å². The third-order valence-corrected chi connectivity index (χ3v) is 10.1. The highest BCUT2D eigenvalue weighted by atomic mass is 35.5. The molecule has 1 aliphatic carbocycles. The highest BCUT2D eigenvalue weighted by Gasteiger charge is 2.32. The molecule has 0 spiro atoms. The van der Waals surface area contributed by atoms with Crippen molar-refractivity contribution < 1.29 is 14.6 Å². The highest BCUT2D eigenvalue weighted by Crippen LogP contribution is 2.31. The van der Waals surface area contributed by atoms with Crippen LogP contribution in [0.2, 0.25) is 5.02 Å². The molecule has 8 nitrogen and oxygen atoms in total. The molecular weight excluding hydrogens is 584 g/mol. The molecule has 0 unspecified atom stereocenters.